The average molecular weight is 188 g/mol. The summed E-state index contributed by atoms with van der Waals surface area (Å²) in [6.07, 6.45) is 1.81. The van der Waals surface area contributed by atoms with Crippen LogP contribution in [0, 0.1) is 0 Å². The zero-order chi connectivity index (χ0) is 10.3. The van der Waals surface area contributed by atoms with Gasteiger partial charge in [0, 0.05) is 6.54 Å². The van der Waals surface area contributed by atoms with Crippen molar-refractivity contribution >= 4 is 0 Å². The lowest BCUT2D eigenvalue weighted by Crippen LogP contribution is -2.35. The second-order valence-electron chi connectivity index (χ2n) is 3.83. The van der Waals surface area contributed by atoms with Gasteiger partial charge in [-0.3, -0.25) is 0 Å². The van der Waals surface area contributed by atoms with Gasteiger partial charge in [-0.2, -0.15) is 0 Å². The molecule has 0 aromatic carbocycles. The fourth-order valence-electron chi connectivity index (χ4n) is 1.33. The maximum Gasteiger partial charge on any atom is 0.0741 e. The molecular weight excluding hydrogens is 164 g/mol. The van der Waals surface area contributed by atoms with Crippen molar-refractivity contribution < 1.29 is 5.11 Å². The summed E-state index contributed by atoms with van der Waals surface area (Å²) < 4.78 is 0. The first-order valence-corrected chi connectivity index (χ1v) is 5.20. The van der Waals surface area contributed by atoms with Crippen LogP contribution in [0.1, 0.15) is 33.6 Å². The summed E-state index contributed by atoms with van der Waals surface area (Å²) in [6.45, 7) is 9.70. The molecule has 0 amide bonds. The van der Waals surface area contributed by atoms with E-state index in [9.17, 15) is 5.11 Å². The monoisotopic (exact) mass is 188 g/mol. The zero-order valence-electron chi connectivity index (χ0n) is 9.21. The van der Waals surface area contributed by atoms with Crippen molar-refractivity contribution in [1.29, 1.82) is 0 Å². The van der Waals surface area contributed by atoms with Crippen molar-refractivity contribution in [3.63, 3.8) is 0 Å². The minimum atomic E-state index is -0.673. The summed E-state index contributed by atoms with van der Waals surface area (Å²) in [6, 6.07) is 0. The van der Waals surface area contributed by atoms with E-state index in [2.05, 4.69) is 18.7 Å². The van der Waals surface area contributed by atoms with Gasteiger partial charge in [0.1, 0.15) is 0 Å². The molecule has 0 aliphatic carbocycles. The van der Waals surface area contributed by atoms with E-state index in [1.54, 1.807) is 6.92 Å². The van der Waals surface area contributed by atoms with Crippen molar-refractivity contribution in [1.82, 2.24) is 4.90 Å². The molecule has 0 aliphatic rings. The van der Waals surface area contributed by atoms with Gasteiger partial charge in [-0.1, -0.05) is 13.8 Å². The summed E-state index contributed by atoms with van der Waals surface area (Å²) in [7, 11) is 0. The van der Waals surface area contributed by atoms with Crippen LogP contribution in [0.5, 0.6) is 0 Å². The van der Waals surface area contributed by atoms with Crippen LogP contribution >= 0.6 is 0 Å². The molecule has 80 valence electrons. The van der Waals surface area contributed by atoms with Gasteiger partial charge < -0.3 is 15.7 Å². The molecule has 0 spiro atoms. The van der Waals surface area contributed by atoms with Crippen LogP contribution in [0.2, 0.25) is 0 Å². The second kappa shape index (κ2) is 6.35. The molecule has 0 aromatic rings. The molecule has 13 heavy (non-hydrogen) atoms. The fourth-order valence-corrected chi connectivity index (χ4v) is 1.33. The van der Waals surface area contributed by atoms with Gasteiger partial charge in [0.2, 0.25) is 0 Å². The zero-order valence-corrected chi connectivity index (χ0v) is 9.21. The SMILES string of the molecule is CCN(CC)CCCC(C)(O)CN. The smallest absolute Gasteiger partial charge is 0.0741 e. The van der Waals surface area contributed by atoms with Crippen LogP contribution in [0.15, 0.2) is 0 Å². The van der Waals surface area contributed by atoms with Gasteiger partial charge in [-0.05, 0) is 39.4 Å². The first-order valence-electron chi connectivity index (χ1n) is 5.20. The number of rotatable bonds is 7. The summed E-state index contributed by atoms with van der Waals surface area (Å²) in [5.74, 6) is 0. The predicted octanol–water partition coefficient (Wildman–Crippen LogP) is 0.818. The molecule has 0 aliphatic heterocycles. The van der Waals surface area contributed by atoms with Crippen molar-refractivity contribution in [2.24, 2.45) is 5.73 Å². The first kappa shape index (κ1) is 12.9. The molecule has 0 heterocycles. The molecule has 3 N–H and O–H groups in total. The highest BCUT2D eigenvalue weighted by Gasteiger charge is 2.17. The lowest BCUT2D eigenvalue weighted by atomic mass is 10.0. The van der Waals surface area contributed by atoms with Crippen LogP contribution in [-0.4, -0.2) is 41.8 Å². The van der Waals surface area contributed by atoms with E-state index in [0.717, 1.165) is 32.5 Å². The van der Waals surface area contributed by atoms with Gasteiger partial charge in [-0.25, -0.2) is 0 Å². The molecule has 1 unspecified atom stereocenters. The molecule has 0 rings (SSSR count). The number of hydrogen-bond donors (Lipinski definition) is 2. The summed E-state index contributed by atoms with van der Waals surface area (Å²) in [4.78, 5) is 2.35. The van der Waals surface area contributed by atoms with Crippen molar-refractivity contribution in [3.8, 4) is 0 Å². The molecule has 0 saturated carbocycles. The van der Waals surface area contributed by atoms with Gasteiger partial charge in [0.15, 0.2) is 0 Å². The molecule has 0 saturated heterocycles. The third kappa shape index (κ3) is 6.02. The number of nitrogens with two attached hydrogens (primary N) is 1. The standard InChI is InChI=1S/C10H24N2O/c1-4-12(5-2)8-6-7-10(3,13)9-11/h13H,4-9,11H2,1-3H3. The molecular formula is C10H24N2O. The summed E-state index contributed by atoms with van der Waals surface area (Å²) >= 11 is 0. The highest BCUT2D eigenvalue weighted by molar-refractivity contribution is 4.73. The Hall–Kier alpha value is -0.120. The highest BCUT2D eigenvalue weighted by Crippen LogP contribution is 2.10. The van der Waals surface area contributed by atoms with Crippen LogP contribution in [0.25, 0.3) is 0 Å². The van der Waals surface area contributed by atoms with E-state index in [0.29, 0.717) is 6.54 Å². The number of nitrogens with zero attached hydrogens (tertiary/aromatic N) is 1. The van der Waals surface area contributed by atoms with Crippen molar-refractivity contribution in [3.05, 3.63) is 0 Å². The molecule has 0 radical (unpaired) electrons. The first-order chi connectivity index (χ1) is 6.05. The van der Waals surface area contributed by atoms with Crippen molar-refractivity contribution in [2.45, 2.75) is 39.2 Å². The summed E-state index contributed by atoms with van der Waals surface area (Å²) in [5, 5.41) is 9.64. The van der Waals surface area contributed by atoms with Crippen molar-refractivity contribution in [2.75, 3.05) is 26.2 Å². The maximum absolute atomic E-state index is 9.64. The lowest BCUT2D eigenvalue weighted by molar-refractivity contribution is 0.0547. The Morgan fingerprint density at radius 1 is 1.31 bits per heavy atom. The number of hydrogen-bond acceptors (Lipinski definition) is 3. The Balaban J connectivity index is 3.54. The van der Waals surface area contributed by atoms with Crippen LogP contribution < -0.4 is 5.73 Å². The van der Waals surface area contributed by atoms with E-state index >= 15 is 0 Å². The Kier molecular flexibility index (Phi) is 6.29. The van der Waals surface area contributed by atoms with Gasteiger partial charge >= 0.3 is 0 Å². The van der Waals surface area contributed by atoms with E-state index in [4.69, 9.17) is 5.73 Å². The van der Waals surface area contributed by atoms with E-state index in [1.807, 2.05) is 0 Å². The normalized spacial score (nSPS) is 16.2. The molecule has 1 atom stereocenters. The fraction of sp³-hybridized carbons (Fsp3) is 1.00. The molecule has 0 aromatic heterocycles. The van der Waals surface area contributed by atoms with E-state index in [-0.39, 0.29) is 0 Å². The summed E-state index contributed by atoms with van der Waals surface area (Å²) in [5.41, 5.74) is 4.75. The van der Waals surface area contributed by atoms with Gasteiger partial charge in [-0.15, -0.1) is 0 Å². The van der Waals surface area contributed by atoms with E-state index < -0.39 is 5.60 Å². The lowest BCUT2D eigenvalue weighted by Gasteiger charge is -2.23. The van der Waals surface area contributed by atoms with Crippen LogP contribution in [0.4, 0.5) is 0 Å². The van der Waals surface area contributed by atoms with Gasteiger partial charge in [0.05, 0.1) is 5.60 Å². The minimum Gasteiger partial charge on any atom is -0.389 e. The maximum atomic E-state index is 9.64. The second-order valence-corrected chi connectivity index (χ2v) is 3.83. The van der Waals surface area contributed by atoms with Crippen LogP contribution in [0.3, 0.4) is 0 Å². The molecule has 3 nitrogen and oxygen atoms in total. The Morgan fingerprint density at radius 2 is 1.85 bits per heavy atom. The minimum absolute atomic E-state index is 0.352. The quantitative estimate of drug-likeness (QED) is 0.622. The number of aliphatic hydroxyl groups is 1. The van der Waals surface area contributed by atoms with Gasteiger partial charge in [0.25, 0.3) is 0 Å². The topological polar surface area (TPSA) is 49.5 Å². The molecule has 0 fully saturated rings. The third-order valence-electron chi connectivity index (χ3n) is 2.52. The Morgan fingerprint density at radius 3 is 2.23 bits per heavy atom. The third-order valence-corrected chi connectivity index (χ3v) is 2.52. The largest absolute Gasteiger partial charge is 0.389 e. The van der Waals surface area contributed by atoms with E-state index in [1.165, 1.54) is 0 Å². The molecule has 0 bridgehead atoms. The Bertz CT molecular complexity index is 122. The molecule has 3 heteroatoms. The Labute approximate surface area is 81.9 Å². The van der Waals surface area contributed by atoms with Crippen LogP contribution in [-0.2, 0) is 0 Å². The highest BCUT2D eigenvalue weighted by atomic mass is 16.3. The predicted molar refractivity (Wildman–Crippen MR) is 56.7 cm³/mol. The average Bonchev–Trinajstić information content (AvgIpc) is 2.12.